The molecule has 0 aliphatic carbocycles. The fourth-order valence-corrected chi connectivity index (χ4v) is 12.6. The number of unbranched alkanes of at least 4 members (excludes halogenated alkanes) is 2. The van der Waals surface area contributed by atoms with Gasteiger partial charge >= 0.3 is 5.97 Å². The van der Waals surface area contributed by atoms with Gasteiger partial charge in [0, 0.05) is 43.0 Å². The number of primary amides is 1. The Kier molecular flexibility index (Phi) is 45.2. The molecule has 0 spiro atoms. The summed E-state index contributed by atoms with van der Waals surface area (Å²) in [6, 6.07) is -2.60. The SMILES string of the molecule is CC[C@H](C)[C@H](NC(=O)[C@@H](NC(=O)[C@H](CCC(N)=O)NC(=O)[C@H](CO)NC(=O)[C@@H](NC(=O)[C@H](Cc1ccccc1)NC(=O)[C@H](CCCN=C(N)N)NC(=O)[C@H](CCCN=C(N)N)NC(=O)[C@H](C)NC(=O)[C@H](CCCCN)NC(=O)[C@H](CCCCN)NC(=O)[C@@H](N)Cc1c[nH]c2ccccc12)C(C)C)C(C)C)C(=O)N[C@@H](CCSC)C(=O)O. The van der Waals surface area contributed by atoms with E-state index in [1.54, 1.807) is 70.5 Å². The van der Waals surface area contributed by atoms with Crippen LogP contribution < -0.4 is 110 Å². The van der Waals surface area contributed by atoms with Crippen molar-refractivity contribution in [3.05, 3.63) is 71.9 Å². The van der Waals surface area contributed by atoms with Crippen LogP contribution in [0.15, 0.2) is 70.8 Å². The Morgan fingerprint density at radius 3 is 1.33 bits per heavy atom. The maximum atomic E-state index is 14.9. The number of carbonyl (C=O) groups excluding carboxylic acids is 13. The lowest BCUT2D eigenvalue weighted by atomic mass is 9.96. The lowest BCUT2D eigenvalue weighted by Crippen LogP contribution is -2.62. The highest BCUT2D eigenvalue weighted by atomic mass is 32.2. The van der Waals surface area contributed by atoms with Crippen LogP contribution in [-0.2, 0) is 80.0 Å². The number of para-hydroxylation sites is 1. The fourth-order valence-electron chi connectivity index (χ4n) is 12.1. The van der Waals surface area contributed by atoms with E-state index < -0.39 is 199 Å². The molecular weight excluding hydrogens is 1520 g/mol. The average Bonchev–Trinajstić information content (AvgIpc) is 1.61. The number of nitrogens with two attached hydrogens (primary N) is 8. The number of fused-ring (bicyclic) bond motifs is 1. The van der Waals surface area contributed by atoms with Gasteiger partial charge in [-0.3, -0.25) is 72.3 Å². The number of carboxylic acids is 1. The number of aliphatic hydroxyl groups excluding tert-OH is 1. The number of aliphatic imine (C=N–C) groups is 2. The zero-order valence-corrected chi connectivity index (χ0v) is 68.4. The molecule has 13 amide bonds. The first kappa shape index (κ1) is 99.5. The summed E-state index contributed by atoms with van der Waals surface area (Å²) in [5.41, 5.74) is 48.1. The first-order chi connectivity index (χ1) is 55.0. The number of nitrogens with one attached hydrogen (secondary N) is 13. The molecule has 0 unspecified atom stereocenters. The Balaban J connectivity index is 1.94. The second-order valence-corrected chi connectivity index (χ2v) is 30.2. The number of aromatic nitrogens is 1. The first-order valence-corrected chi connectivity index (χ1v) is 40.5. The summed E-state index contributed by atoms with van der Waals surface area (Å²) in [7, 11) is 0. The number of amides is 13. The third-order valence-corrected chi connectivity index (χ3v) is 19.7. The molecule has 0 fully saturated rings. The van der Waals surface area contributed by atoms with Gasteiger partial charge in [0.15, 0.2) is 11.9 Å². The Hall–Kier alpha value is -10.7. The van der Waals surface area contributed by atoms with Crippen LogP contribution in [0.2, 0.25) is 0 Å². The standard InChI is InChI=1S/C76H125N23O16S/c1-9-43(6)61(73(113)94-55(74(114)115)31-36-116-8)99-72(112)60(42(4)5)97-68(108)54(29-30-58(80)101)93-70(110)57(40-100)96-71(111)59(41(2)3)98-69(109)56(37-45-21-11-10-12-22-45)95-67(107)53(28-20-35-86-76(83)84)92-66(106)52(27-19-34-85-75(81)82)89-62(102)44(7)88-64(104)50(25-15-17-32-77)91-65(105)51(26-16-18-33-78)90-63(103)48(79)38-46-39-87-49-24-14-13-23-47(46)49/h10-14,21-24,39,41-44,48,50-57,59-61,87,100H,9,15-20,25-38,40,77-79H2,1-8H3,(H2,80,101)(H,88,104)(H,89,102)(H,90,103)(H,91,105)(H,92,106)(H,93,110)(H,94,113)(H,95,107)(H,96,111)(H,97,108)(H,98,109)(H,99,112)(H,114,115)(H4,81,82,85)(H4,83,84,86)/t43-,44-,48-,50-,51-,52-,53-,54-,55-,56-,57-,59-,60-,61-/m0/s1. The predicted octanol–water partition coefficient (Wildman–Crippen LogP) is -4.06. The number of carbonyl (C=O) groups is 14. The smallest absolute Gasteiger partial charge is 0.326 e. The number of hydrogen-bond donors (Lipinski definition) is 23. The van der Waals surface area contributed by atoms with E-state index in [4.69, 9.17) is 45.9 Å². The number of thioether (sulfide) groups is 1. The van der Waals surface area contributed by atoms with E-state index in [0.29, 0.717) is 50.0 Å². The fraction of sp³-hybridized carbons (Fsp3) is 0.605. The van der Waals surface area contributed by atoms with Crippen molar-refractivity contribution in [2.24, 2.45) is 73.6 Å². The second kappa shape index (κ2) is 52.7. The zero-order chi connectivity index (χ0) is 86.7. The predicted molar refractivity (Wildman–Crippen MR) is 440 cm³/mol. The lowest BCUT2D eigenvalue weighted by Gasteiger charge is -2.30. The lowest BCUT2D eigenvalue weighted by molar-refractivity contribution is -0.142. The van der Waals surface area contributed by atoms with Crippen LogP contribution >= 0.6 is 11.8 Å². The number of aliphatic carboxylic acids is 1. The largest absolute Gasteiger partial charge is 0.480 e. The third-order valence-electron chi connectivity index (χ3n) is 19.1. The minimum absolute atomic E-state index is 0.0329. The van der Waals surface area contributed by atoms with Crippen LogP contribution in [0.25, 0.3) is 10.9 Å². The van der Waals surface area contributed by atoms with Crippen LogP contribution in [0, 0.1) is 17.8 Å². The second-order valence-electron chi connectivity index (χ2n) is 29.2. The van der Waals surface area contributed by atoms with E-state index >= 15 is 0 Å². The quantitative estimate of drug-likeness (QED) is 0.0145. The van der Waals surface area contributed by atoms with Crippen LogP contribution in [0.3, 0.4) is 0 Å². The summed E-state index contributed by atoms with van der Waals surface area (Å²) in [5, 5.41) is 52.6. The molecule has 39 nitrogen and oxygen atoms in total. The summed E-state index contributed by atoms with van der Waals surface area (Å²) in [5.74, 6) is -15.1. The highest BCUT2D eigenvalue weighted by Crippen LogP contribution is 2.20. The van der Waals surface area contributed by atoms with Crippen LogP contribution in [0.1, 0.15) is 149 Å². The Labute approximate surface area is 680 Å². The molecule has 1 heterocycles. The maximum absolute atomic E-state index is 14.9. The summed E-state index contributed by atoms with van der Waals surface area (Å²) in [6.45, 7) is 10.3. The highest BCUT2D eigenvalue weighted by molar-refractivity contribution is 7.98. The zero-order valence-electron chi connectivity index (χ0n) is 67.6. The number of H-pyrrole nitrogens is 1. The number of aliphatic hydroxyl groups is 1. The molecule has 0 saturated heterocycles. The van der Waals surface area contributed by atoms with Gasteiger partial charge in [-0.1, -0.05) is 96.5 Å². The molecule has 1 aromatic heterocycles. The molecule has 0 aliphatic heterocycles. The van der Waals surface area contributed by atoms with Crippen molar-refractivity contribution in [2.45, 2.75) is 230 Å². The van der Waals surface area contributed by atoms with E-state index in [1.165, 1.54) is 32.5 Å². The molecule has 0 radical (unpaired) electrons. The maximum Gasteiger partial charge on any atom is 0.326 e. The number of carboxylic acid groups (broad SMARTS) is 1. The average molecular weight is 1650 g/mol. The number of nitrogens with zero attached hydrogens (tertiary/aromatic N) is 2. The molecule has 3 aromatic rings. The van der Waals surface area contributed by atoms with Gasteiger partial charge in [-0.05, 0) is 150 Å². The number of benzene rings is 2. The molecule has 0 aliphatic rings. The van der Waals surface area contributed by atoms with Gasteiger partial charge < -0.3 is 125 Å². The highest BCUT2D eigenvalue weighted by Gasteiger charge is 2.39. The van der Waals surface area contributed by atoms with Crippen molar-refractivity contribution < 1.29 is 77.3 Å². The van der Waals surface area contributed by atoms with Crippen molar-refractivity contribution in [1.82, 2.24) is 68.8 Å². The Morgan fingerprint density at radius 1 is 0.448 bits per heavy atom. The number of rotatable bonds is 56. The topological polar surface area (TPSA) is 672 Å². The van der Waals surface area contributed by atoms with Crippen molar-refractivity contribution >= 4 is 117 Å². The van der Waals surface area contributed by atoms with Gasteiger partial charge in [-0.15, -0.1) is 0 Å². The molecule has 40 heteroatoms. The minimum Gasteiger partial charge on any atom is -0.480 e. The van der Waals surface area contributed by atoms with Crippen molar-refractivity contribution in [2.75, 3.05) is 44.8 Å². The Morgan fingerprint density at radius 2 is 0.853 bits per heavy atom. The van der Waals surface area contributed by atoms with Gasteiger partial charge in [0.2, 0.25) is 76.8 Å². The van der Waals surface area contributed by atoms with Crippen molar-refractivity contribution in [3.8, 4) is 0 Å². The van der Waals surface area contributed by atoms with E-state index in [2.05, 4.69) is 78.8 Å². The van der Waals surface area contributed by atoms with Crippen LogP contribution in [0.5, 0.6) is 0 Å². The molecule has 646 valence electrons. The van der Waals surface area contributed by atoms with E-state index in [9.17, 15) is 77.3 Å². The molecule has 0 bridgehead atoms. The van der Waals surface area contributed by atoms with Gasteiger partial charge in [-0.25, -0.2) is 4.79 Å². The van der Waals surface area contributed by atoms with E-state index in [-0.39, 0.29) is 89.3 Å². The molecule has 14 atom stereocenters. The summed E-state index contributed by atoms with van der Waals surface area (Å²) in [6.07, 6.45) is 4.63. The normalized spacial score (nSPS) is 14.8. The summed E-state index contributed by atoms with van der Waals surface area (Å²) >= 11 is 1.37. The van der Waals surface area contributed by atoms with Gasteiger partial charge in [0.25, 0.3) is 0 Å². The number of aromatic amines is 1. The van der Waals surface area contributed by atoms with Gasteiger partial charge in [0.1, 0.15) is 72.5 Å². The van der Waals surface area contributed by atoms with Crippen molar-refractivity contribution in [1.29, 1.82) is 0 Å². The first-order valence-electron chi connectivity index (χ1n) is 39.1. The van der Waals surface area contributed by atoms with Crippen LogP contribution in [0.4, 0.5) is 0 Å². The molecule has 2 aromatic carbocycles. The number of hydrogen-bond acceptors (Lipinski definition) is 21. The molecular formula is C76H125N23O16S. The number of guanidine groups is 2. The van der Waals surface area contributed by atoms with Gasteiger partial charge in [-0.2, -0.15) is 11.8 Å². The van der Waals surface area contributed by atoms with E-state index in [0.717, 1.165) is 16.5 Å². The summed E-state index contributed by atoms with van der Waals surface area (Å²) < 4.78 is 0. The van der Waals surface area contributed by atoms with E-state index in [1.807, 2.05) is 24.3 Å². The monoisotopic (exact) mass is 1650 g/mol. The summed E-state index contributed by atoms with van der Waals surface area (Å²) in [4.78, 5) is 207. The molecule has 0 saturated carbocycles. The minimum atomic E-state index is -1.85. The Bertz CT molecular complexity index is 3770. The molecule has 3 rings (SSSR count). The van der Waals surface area contributed by atoms with Crippen molar-refractivity contribution in [3.63, 3.8) is 0 Å². The van der Waals surface area contributed by atoms with Gasteiger partial charge in [0.05, 0.1) is 12.6 Å². The van der Waals surface area contributed by atoms with Crippen LogP contribution in [-0.4, -0.2) is 233 Å². The molecule has 116 heavy (non-hydrogen) atoms. The third kappa shape index (κ3) is 35.6. The molecule has 31 N–H and O–H groups in total.